The minimum Gasteiger partial charge on any atom is -0.444 e. The lowest BCUT2D eigenvalue weighted by atomic mass is 9.94. The van der Waals surface area contributed by atoms with Crippen LogP contribution in [0.4, 0.5) is 10.5 Å². The molecule has 11 nitrogen and oxygen atoms in total. The number of aliphatic hydroxyl groups is 1. The van der Waals surface area contributed by atoms with Crippen LogP contribution in [0.2, 0.25) is 0 Å². The molecule has 0 spiro atoms. The second-order valence-corrected chi connectivity index (χ2v) is 15.3. The number of rotatable bonds is 11. The van der Waals surface area contributed by atoms with Crippen LogP contribution in [0.15, 0.2) is 78.9 Å². The number of hydrogen-bond acceptors (Lipinski definition) is 7. The predicted molar refractivity (Wildman–Crippen MR) is 185 cm³/mol. The van der Waals surface area contributed by atoms with E-state index in [-0.39, 0.29) is 29.3 Å². The van der Waals surface area contributed by atoms with Crippen LogP contribution in [0.1, 0.15) is 78.4 Å². The minimum atomic E-state index is -3.74. The van der Waals surface area contributed by atoms with E-state index in [2.05, 4.69) is 10.6 Å². The van der Waals surface area contributed by atoms with Gasteiger partial charge in [-0.25, -0.2) is 13.2 Å². The van der Waals surface area contributed by atoms with Gasteiger partial charge in [-0.15, -0.1) is 0 Å². The zero-order valence-electron chi connectivity index (χ0n) is 28.3. The van der Waals surface area contributed by atoms with Crippen molar-refractivity contribution in [1.29, 1.82) is 0 Å². The zero-order valence-corrected chi connectivity index (χ0v) is 29.2. The number of carbonyl (C=O) groups is 3. The fourth-order valence-corrected chi connectivity index (χ4v) is 6.18. The Balaban J connectivity index is 1.66. The Morgan fingerprint density at radius 2 is 1.52 bits per heavy atom. The number of likely N-dealkylation sites (tertiary alicyclic amines) is 1. The highest BCUT2D eigenvalue weighted by molar-refractivity contribution is 7.92. The van der Waals surface area contributed by atoms with Gasteiger partial charge in [-0.1, -0.05) is 60.7 Å². The van der Waals surface area contributed by atoms with Crippen molar-refractivity contribution in [2.45, 2.75) is 76.8 Å². The van der Waals surface area contributed by atoms with Crippen LogP contribution in [0.5, 0.6) is 0 Å². The average molecular weight is 679 g/mol. The molecule has 3 aromatic carbocycles. The molecule has 1 saturated heterocycles. The van der Waals surface area contributed by atoms with E-state index < -0.39 is 51.7 Å². The second-order valence-electron chi connectivity index (χ2n) is 13.2. The molecule has 1 aliphatic heterocycles. The van der Waals surface area contributed by atoms with Crippen molar-refractivity contribution >= 4 is 33.6 Å². The van der Waals surface area contributed by atoms with Crippen LogP contribution in [0.25, 0.3) is 0 Å². The van der Waals surface area contributed by atoms with Gasteiger partial charge in [0.05, 0.1) is 36.2 Å². The first-order valence-electron chi connectivity index (χ1n) is 16.0. The molecule has 0 aliphatic carbocycles. The molecule has 4 rings (SSSR count). The summed E-state index contributed by atoms with van der Waals surface area (Å²) in [5.74, 6) is -1.12. The molecule has 0 aromatic heterocycles. The van der Waals surface area contributed by atoms with Crippen LogP contribution >= 0.6 is 0 Å². The van der Waals surface area contributed by atoms with Crippen molar-refractivity contribution < 1.29 is 32.6 Å². The molecular weight excluding hydrogens is 632 g/mol. The highest BCUT2D eigenvalue weighted by atomic mass is 32.2. The van der Waals surface area contributed by atoms with Crippen LogP contribution in [0, 0.1) is 0 Å². The molecular formula is C36H46N4O7S. The van der Waals surface area contributed by atoms with E-state index in [1.807, 2.05) is 67.6 Å². The van der Waals surface area contributed by atoms with Gasteiger partial charge >= 0.3 is 6.09 Å². The minimum absolute atomic E-state index is 0.0289. The van der Waals surface area contributed by atoms with E-state index >= 15 is 0 Å². The Kier molecular flexibility index (Phi) is 11.5. The number of nitrogens with zero attached hydrogens (tertiary/aromatic N) is 2. The highest BCUT2D eigenvalue weighted by Crippen LogP contribution is 2.27. The lowest BCUT2D eigenvalue weighted by molar-refractivity contribution is -0.00161. The maximum absolute atomic E-state index is 14.0. The van der Waals surface area contributed by atoms with Crippen molar-refractivity contribution in [2.24, 2.45) is 0 Å². The van der Waals surface area contributed by atoms with Gasteiger partial charge < -0.3 is 25.4 Å². The lowest BCUT2D eigenvalue weighted by Gasteiger charge is -2.35. The molecule has 1 fully saturated rings. The number of amides is 3. The van der Waals surface area contributed by atoms with Gasteiger partial charge in [-0.3, -0.25) is 13.9 Å². The van der Waals surface area contributed by atoms with Gasteiger partial charge in [0, 0.05) is 24.7 Å². The van der Waals surface area contributed by atoms with Crippen LogP contribution in [-0.2, 0) is 21.2 Å². The summed E-state index contributed by atoms with van der Waals surface area (Å²) in [6, 6.07) is 21.1. The third-order valence-electron chi connectivity index (χ3n) is 8.30. The maximum atomic E-state index is 14.0. The number of benzene rings is 3. The van der Waals surface area contributed by atoms with Crippen molar-refractivity contribution in [3.63, 3.8) is 0 Å². The summed E-state index contributed by atoms with van der Waals surface area (Å²) in [7, 11) is -2.40. The van der Waals surface area contributed by atoms with E-state index in [1.54, 1.807) is 20.8 Å². The molecule has 3 aromatic rings. The van der Waals surface area contributed by atoms with E-state index in [4.69, 9.17) is 4.74 Å². The third-order valence-corrected chi connectivity index (χ3v) is 9.50. The van der Waals surface area contributed by atoms with Gasteiger partial charge in [0.2, 0.25) is 10.0 Å². The number of aliphatic hydroxyl groups excluding tert-OH is 1. The predicted octanol–water partition coefficient (Wildman–Crippen LogP) is 4.67. The van der Waals surface area contributed by atoms with E-state index in [9.17, 15) is 27.9 Å². The summed E-state index contributed by atoms with van der Waals surface area (Å²) < 4.78 is 31.6. The summed E-state index contributed by atoms with van der Waals surface area (Å²) in [5, 5.41) is 17.6. The number of carbonyl (C=O) groups excluding carboxylic acids is 3. The van der Waals surface area contributed by atoms with E-state index in [0.717, 1.165) is 21.7 Å². The Bertz CT molecular complexity index is 1690. The molecule has 258 valence electrons. The van der Waals surface area contributed by atoms with Crippen molar-refractivity contribution in [1.82, 2.24) is 15.5 Å². The van der Waals surface area contributed by atoms with Crippen LogP contribution < -0.4 is 14.9 Å². The maximum Gasteiger partial charge on any atom is 0.410 e. The largest absolute Gasteiger partial charge is 0.444 e. The van der Waals surface area contributed by atoms with Crippen molar-refractivity contribution in [3.05, 3.63) is 101 Å². The Hall–Kier alpha value is -4.42. The summed E-state index contributed by atoms with van der Waals surface area (Å²) in [4.78, 5) is 42.0. The van der Waals surface area contributed by atoms with Crippen LogP contribution in [0.3, 0.4) is 0 Å². The summed E-state index contributed by atoms with van der Waals surface area (Å²) in [5.41, 5.74) is 1.24. The van der Waals surface area contributed by atoms with Gasteiger partial charge in [0.1, 0.15) is 5.60 Å². The van der Waals surface area contributed by atoms with Crippen molar-refractivity contribution in [2.75, 3.05) is 24.2 Å². The monoisotopic (exact) mass is 678 g/mol. The first-order chi connectivity index (χ1) is 22.5. The van der Waals surface area contributed by atoms with Gasteiger partial charge in [-0.2, -0.15) is 0 Å². The Morgan fingerprint density at radius 1 is 0.958 bits per heavy atom. The molecule has 0 saturated carbocycles. The number of hydrogen-bond donors (Lipinski definition) is 3. The normalized spacial score (nSPS) is 16.8. The first kappa shape index (κ1) is 36.4. The Morgan fingerprint density at radius 3 is 2.08 bits per heavy atom. The standard InChI is InChI=1S/C36H46N4O7S/c1-24(26-16-11-8-12-17-26)37-33(42)27-21-28(23-29(22-27)39(5)48(6,45)46)34(43)38-30(20-25-14-9-7-10-15-25)32(41)31-18-13-19-40(31)35(44)47-36(2,3)4/h7-12,14-17,21-24,30-32,41H,13,18-20H2,1-6H3,(H,37,42)(H,38,43). The molecule has 48 heavy (non-hydrogen) atoms. The van der Waals surface area contributed by atoms with E-state index in [0.29, 0.717) is 19.4 Å². The molecule has 0 radical (unpaired) electrons. The zero-order chi connectivity index (χ0) is 35.2. The number of sulfonamides is 1. The molecule has 1 heterocycles. The molecule has 0 bridgehead atoms. The number of nitrogens with one attached hydrogen (secondary N) is 2. The SMILES string of the molecule is CC(NC(=O)c1cc(C(=O)NC(Cc2ccccc2)C(O)C2CCCN2C(=O)OC(C)(C)C)cc(N(C)S(C)(=O)=O)c1)c1ccccc1. The van der Waals surface area contributed by atoms with Gasteiger partial charge in [0.15, 0.2) is 0 Å². The second kappa shape index (κ2) is 15.2. The topological polar surface area (TPSA) is 145 Å². The number of ether oxygens (including phenoxy) is 1. The van der Waals surface area contributed by atoms with Gasteiger partial charge in [0.25, 0.3) is 11.8 Å². The first-order valence-corrected chi connectivity index (χ1v) is 17.9. The molecule has 4 atom stereocenters. The quantitative estimate of drug-likeness (QED) is 0.267. The summed E-state index contributed by atoms with van der Waals surface area (Å²) >= 11 is 0. The van der Waals surface area contributed by atoms with Gasteiger partial charge in [-0.05, 0) is 76.3 Å². The fourth-order valence-electron chi connectivity index (χ4n) is 5.69. The molecule has 1 aliphatic rings. The highest BCUT2D eigenvalue weighted by Gasteiger charge is 2.40. The molecule has 3 N–H and O–H groups in total. The average Bonchev–Trinajstić information content (AvgIpc) is 3.53. The fraction of sp³-hybridized carbons (Fsp3) is 0.417. The van der Waals surface area contributed by atoms with E-state index in [1.165, 1.54) is 30.1 Å². The molecule has 3 amide bonds. The number of anilines is 1. The van der Waals surface area contributed by atoms with Crippen LogP contribution in [-0.4, -0.2) is 80.0 Å². The molecule has 12 heteroatoms. The summed E-state index contributed by atoms with van der Waals surface area (Å²) in [6.07, 6.45) is 0.747. The third kappa shape index (κ3) is 9.57. The Labute approximate surface area is 283 Å². The molecule has 4 unspecified atom stereocenters. The smallest absolute Gasteiger partial charge is 0.410 e. The summed E-state index contributed by atoms with van der Waals surface area (Å²) in [6.45, 7) is 7.56. The lowest BCUT2D eigenvalue weighted by Crippen LogP contribution is -2.54. The van der Waals surface area contributed by atoms with Crippen molar-refractivity contribution in [3.8, 4) is 0 Å².